The number of carbonyl (C=O) groups excluding carboxylic acids is 2. The summed E-state index contributed by atoms with van der Waals surface area (Å²) in [5.41, 5.74) is 0.999. The third-order valence-corrected chi connectivity index (χ3v) is 4.46. The van der Waals surface area contributed by atoms with Crippen molar-refractivity contribution >= 4 is 17.6 Å². The van der Waals surface area contributed by atoms with Gasteiger partial charge in [0, 0.05) is 18.9 Å². The molecule has 0 aliphatic heterocycles. The Bertz CT molecular complexity index is 1060. The maximum absolute atomic E-state index is 12.5. The minimum absolute atomic E-state index is 0.0512. The summed E-state index contributed by atoms with van der Waals surface area (Å²) in [5, 5.41) is 10.6. The van der Waals surface area contributed by atoms with E-state index in [1.165, 1.54) is 18.0 Å². The number of benzene rings is 2. The van der Waals surface area contributed by atoms with Gasteiger partial charge in [0.1, 0.15) is 11.5 Å². The molecule has 3 aromatic rings. The minimum Gasteiger partial charge on any atom is -0.496 e. The van der Waals surface area contributed by atoms with Crippen LogP contribution in [0.4, 0.5) is 5.69 Å². The Morgan fingerprint density at radius 2 is 1.73 bits per heavy atom. The molecule has 0 aliphatic carbocycles. The van der Waals surface area contributed by atoms with Gasteiger partial charge in [0.05, 0.1) is 25.4 Å². The van der Waals surface area contributed by atoms with Gasteiger partial charge >= 0.3 is 5.97 Å². The number of nitrogens with one attached hydrogen (secondary N) is 1. The third kappa shape index (κ3) is 6.61. The second-order valence-corrected chi connectivity index (χ2v) is 6.73. The molecule has 3 rings (SSSR count). The van der Waals surface area contributed by atoms with E-state index in [9.17, 15) is 9.59 Å². The summed E-state index contributed by atoms with van der Waals surface area (Å²) in [7, 11) is 1.50. The molecular weight excluding hydrogens is 428 g/mol. The van der Waals surface area contributed by atoms with Gasteiger partial charge in [0.2, 0.25) is 0 Å². The van der Waals surface area contributed by atoms with Crippen molar-refractivity contribution in [3.8, 4) is 11.5 Å². The first kappa shape index (κ1) is 23.9. The summed E-state index contributed by atoms with van der Waals surface area (Å²) in [5.74, 6) is -0.198. The number of para-hydroxylation sites is 1. The predicted molar refractivity (Wildman–Crippen MR) is 119 cm³/mol. The highest BCUT2D eigenvalue weighted by Crippen LogP contribution is 2.21. The van der Waals surface area contributed by atoms with Gasteiger partial charge in [-0.25, -0.2) is 9.48 Å². The van der Waals surface area contributed by atoms with Gasteiger partial charge in [0.15, 0.2) is 12.0 Å². The minimum atomic E-state index is -0.656. The average molecular weight is 454 g/mol. The van der Waals surface area contributed by atoms with Crippen molar-refractivity contribution in [1.82, 2.24) is 15.0 Å². The molecule has 1 aromatic heterocycles. The molecule has 33 heavy (non-hydrogen) atoms. The van der Waals surface area contributed by atoms with Crippen molar-refractivity contribution in [3.63, 3.8) is 0 Å². The summed E-state index contributed by atoms with van der Waals surface area (Å²) >= 11 is 0. The topological polar surface area (TPSA) is 114 Å². The van der Waals surface area contributed by atoms with Crippen molar-refractivity contribution in [3.05, 3.63) is 66.0 Å². The van der Waals surface area contributed by atoms with E-state index in [2.05, 4.69) is 15.6 Å². The maximum atomic E-state index is 12.5. The normalized spacial score (nSPS) is 10.8. The molecule has 0 fully saturated rings. The van der Waals surface area contributed by atoms with Crippen LogP contribution in [-0.2, 0) is 16.0 Å². The summed E-state index contributed by atoms with van der Waals surface area (Å²) in [6.07, 6.45) is 0.985. The monoisotopic (exact) mass is 454 g/mol. The summed E-state index contributed by atoms with van der Waals surface area (Å²) in [4.78, 5) is 24.9. The number of methoxy groups -OCH3 is 1. The Hall–Kier alpha value is -3.76. The van der Waals surface area contributed by atoms with E-state index >= 15 is 0 Å². The Morgan fingerprint density at radius 3 is 2.39 bits per heavy atom. The van der Waals surface area contributed by atoms with Crippen molar-refractivity contribution in [2.24, 2.45) is 0 Å². The van der Waals surface area contributed by atoms with Crippen molar-refractivity contribution in [2.45, 2.75) is 26.7 Å². The fourth-order valence-electron chi connectivity index (χ4n) is 2.96. The fraction of sp³-hybridized carbons (Fsp3) is 0.304. The first-order chi connectivity index (χ1) is 16.0. The third-order valence-electron chi connectivity index (χ3n) is 4.46. The smallest absolute Gasteiger partial charge is 0.365 e. The average Bonchev–Trinajstić information content (AvgIpc) is 3.29. The summed E-state index contributed by atoms with van der Waals surface area (Å²) in [6, 6.07) is 13.3. The van der Waals surface area contributed by atoms with E-state index in [1.54, 1.807) is 48.5 Å². The highest BCUT2D eigenvalue weighted by Gasteiger charge is 2.17. The number of amides is 1. The first-order valence-electron chi connectivity index (χ1n) is 10.4. The molecule has 0 saturated carbocycles. The molecule has 10 nitrogen and oxygen atoms in total. The van der Waals surface area contributed by atoms with Gasteiger partial charge < -0.3 is 24.3 Å². The van der Waals surface area contributed by atoms with Gasteiger partial charge in [0.25, 0.3) is 5.91 Å². The Morgan fingerprint density at radius 1 is 1.03 bits per heavy atom. The van der Waals surface area contributed by atoms with Crippen LogP contribution >= 0.6 is 0 Å². The van der Waals surface area contributed by atoms with E-state index in [0.717, 1.165) is 0 Å². The molecule has 10 heteroatoms. The molecule has 0 atom stereocenters. The molecule has 0 bridgehead atoms. The molecule has 2 aromatic carbocycles. The Kier molecular flexibility index (Phi) is 8.50. The van der Waals surface area contributed by atoms with E-state index in [-0.39, 0.29) is 11.6 Å². The molecule has 0 spiro atoms. The number of rotatable bonds is 11. The van der Waals surface area contributed by atoms with Gasteiger partial charge in [-0.3, -0.25) is 4.79 Å². The van der Waals surface area contributed by atoms with Crippen LogP contribution < -0.4 is 14.8 Å². The van der Waals surface area contributed by atoms with Crippen LogP contribution in [0.5, 0.6) is 11.5 Å². The zero-order valence-corrected chi connectivity index (χ0v) is 18.7. The van der Waals surface area contributed by atoms with Crippen LogP contribution in [0.3, 0.4) is 0 Å². The second-order valence-electron chi connectivity index (χ2n) is 6.73. The number of esters is 1. The molecule has 174 valence electrons. The van der Waals surface area contributed by atoms with Gasteiger partial charge in [-0.1, -0.05) is 17.3 Å². The second kappa shape index (κ2) is 11.7. The Labute approximate surface area is 191 Å². The van der Waals surface area contributed by atoms with E-state index in [1.807, 2.05) is 13.8 Å². The standard InChI is InChI=1S/C23H26N4O6/c1-4-31-21(32-5-2)15-27-14-19(25-26-27)23(29)33-17-12-10-16(11-13-17)24-22(28)18-8-6-7-9-20(18)30-3/h6-14,21H,4-5,15H2,1-3H3,(H,24,28). The zero-order chi connectivity index (χ0) is 23.6. The lowest BCUT2D eigenvalue weighted by molar-refractivity contribution is -0.145. The maximum Gasteiger partial charge on any atom is 0.365 e. The SMILES string of the molecule is CCOC(Cn1cc(C(=O)Oc2ccc(NC(=O)c3ccccc3OC)cc2)nn1)OCC. The van der Waals surface area contributed by atoms with Crippen molar-refractivity contribution in [1.29, 1.82) is 0 Å². The lowest BCUT2D eigenvalue weighted by Gasteiger charge is -2.16. The molecule has 1 heterocycles. The number of nitrogens with zero attached hydrogens (tertiary/aromatic N) is 3. The van der Waals surface area contributed by atoms with Crippen LogP contribution in [-0.4, -0.2) is 53.5 Å². The van der Waals surface area contributed by atoms with E-state index < -0.39 is 12.3 Å². The zero-order valence-electron chi connectivity index (χ0n) is 18.7. The highest BCUT2D eigenvalue weighted by molar-refractivity contribution is 6.06. The molecule has 0 radical (unpaired) electrons. The van der Waals surface area contributed by atoms with Gasteiger partial charge in [-0.05, 0) is 50.2 Å². The quantitative estimate of drug-likeness (QED) is 0.267. The molecule has 1 amide bonds. The van der Waals surface area contributed by atoms with Crippen LogP contribution in [0.25, 0.3) is 0 Å². The molecule has 0 saturated heterocycles. The lowest BCUT2D eigenvalue weighted by Crippen LogP contribution is -2.24. The van der Waals surface area contributed by atoms with Crippen LogP contribution in [0.1, 0.15) is 34.7 Å². The number of anilines is 1. The van der Waals surface area contributed by atoms with Crippen LogP contribution in [0.2, 0.25) is 0 Å². The first-order valence-corrected chi connectivity index (χ1v) is 10.4. The fourth-order valence-corrected chi connectivity index (χ4v) is 2.96. The highest BCUT2D eigenvalue weighted by atomic mass is 16.7. The van der Waals surface area contributed by atoms with E-state index in [4.69, 9.17) is 18.9 Å². The van der Waals surface area contributed by atoms with E-state index in [0.29, 0.717) is 42.5 Å². The molecule has 0 aliphatic rings. The number of hydrogen-bond acceptors (Lipinski definition) is 8. The Balaban J connectivity index is 1.58. The van der Waals surface area contributed by atoms with Crippen LogP contribution in [0, 0.1) is 0 Å². The number of ether oxygens (including phenoxy) is 4. The van der Waals surface area contributed by atoms with Crippen LogP contribution in [0.15, 0.2) is 54.7 Å². The lowest BCUT2D eigenvalue weighted by atomic mass is 10.2. The van der Waals surface area contributed by atoms with Crippen molar-refractivity contribution < 1.29 is 28.5 Å². The summed E-state index contributed by atoms with van der Waals surface area (Å²) < 4.78 is 23.0. The number of hydrogen-bond donors (Lipinski definition) is 1. The van der Waals surface area contributed by atoms with Gasteiger partial charge in [-0.15, -0.1) is 5.10 Å². The summed E-state index contributed by atoms with van der Waals surface area (Å²) in [6.45, 7) is 5.01. The largest absolute Gasteiger partial charge is 0.496 e. The molecule has 0 unspecified atom stereocenters. The number of aromatic nitrogens is 3. The molecule has 1 N–H and O–H groups in total. The van der Waals surface area contributed by atoms with Gasteiger partial charge in [-0.2, -0.15) is 0 Å². The van der Waals surface area contributed by atoms with Crippen molar-refractivity contribution in [2.75, 3.05) is 25.6 Å². The predicted octanol–water partition coefficient (Wildman–Crippen LogP) is 3.16. The molecular formula is C23H26N4O6. The number of carbonyl (C=O) groups is 2.